The van der Waals surface area contributed by atoms with Gasteiger partial charge in [-0.3, -0.25) is 0 Å². The molecule has 0 aromatic heterocycles. The first-order chi connectivity index (χ1) is 10.1. The van der Waals surface area contributed by atoms with E-state index in [-0.39, 0.29) is 5.75 Å². The molecule has 1 fully saturated rings. The average molecular weight is 299 g/mol. The first kappa shape index (κ1) is 15.9. The Hall–Kier alpha value is -1.52. The minimum Gasteiger partial charge on any atom is -0.493 e. The summed E-state index contributed by atoms with van der Waals surface area (Å²) in [6.07, 6.45) is 5.95. The summed E-state index contributed by atoms with van der Waals surface area (Å²) in [5.74, 6) is 1.14. The molecule has 0 saturated heterocycles. The molecule has 0 aliphatic heterocycles. The van der Waals surface area contributed by atoms with Crippen molar-refractivity contribution in [1.29, 1.82) is 0 Å². The smallest absolute Gasteiger partial charge is 0.387 e. The predicted octanol–water partition coefficient (Wildman–Crippen LogP) is 4.68. The second-order valence-corrected chi connectivity index (χ2v) is 5.53. The van der Waals surface area contributed by atoms with E-state index in [1.54, 1.807) is 12.1 Å². The van der Waals surface area contributed by atoms with Crippen LogP contribution in [0.15, 0.2) is 18.2 Å². The van der Waals surface area contributed by atoms with E-state index in [1.165, 1.54) is 26.4 Å². The van der Waals surface area contributed by atoms with Crippen molar-refractivity contribution in [3.63, 3.8) is 0 Å². The molecule has 0 spiro atoms. The van der Waals surface area contributed by atoms with Crippen molar-refractivity contribution in [1.82, 2.24) is 0 Å². The molecule has 0 radical (unpaired) electrons. The van der Waals surface area contributed by atoms with E-state index >= 15 is 0 Å². The molecule has 2 unspecified atom stereocenters. The Bertz CT molecular complexity index is 454. The van der Waals surface area contributed by atoms with E-state index in [9.17, 15) is 8.78 Å². The standard InChI is InChI=1S/C16H23F2NO2/c1-3-11-5-4-6-12(9-11)19-13-7-8-14(20-2)15(10-13)21-16(17)18/h7-8,10-12,16,19H,3-6,9H2,1-2H3. The zero-order valence-corrected chi connectivity index (χ0v) is 12.6. The molecule has 118 valence electrons. The van der Waals surface area contributed by atoms with Gasteiger partial charge in [-0.1, -0.05) is 26.2 Å². The summed E-state index contributed by atoms with van der Waals surface area (Å²) >= 11 is 0. The highest BCUT2D eigenvalue weighted by molar-refractivity contribution is 5.55. The number of ether oxygens (including phenoxy) is 2. The normalized spacial score (nSPS) is 22.1. The van der Waals surface area contributed by atoms with Crippen molar-refractivity contribution in [3.8, 4) is 11.5 Å². The van der Waals surface area contributed by atoms with Crippen molar-refractivity contribution < 1.29 is 18.3 Å². The molecule has 1 saturated carbocycles. The van der Waals surface area contributed by atoms with Gasteiger partial charge in [-0.15, -0.1) is 0 Å². The van der Waals surface area contributed by atoms with Crippen molar-refractivity contribution in [2.45, 2.75) is 51.7 Å². The van der Waals surface area contributed by atoms with Crippen molar-refractivity contribution >= 4 is 5.69 Å². The lowest BCUT2D eigenvalue weighted by Gasteiger charge is -2.30. The lowest BCUT2D eigenvalue weighted by Crippen LogP contribution is -2.27. The van der Waals surface area contributed by atoms with Gasteiger partial charge in [0, 0.05) is 17.8 Å². The lowest BCUT2D eigenvalue weighted by atomic mass is 9.84. The Morgan fingerprint density at radius 2 is 2.10 bits per heavy atom. The molecule has 1 N–H and O–H groups in total. The maximum Gasteiger partial charge on any atom is 0.387 e. The number of rotatable bonds is 6. The predicted molar refractivity (Wildman–Crippen MR) is 79.3 cm³/mol. The van der Waals surface area contributed by atoms with Crippen LogP contribution in [0.25, 0.3) is 0 Å². The third kappa shape index (κ3) is 4.48. The first-order valence-corrected chi connectivity index (χ1v) is 7.51. The van der Waals surface area contributed by atoms with E-state index in [1.807, 2.05) is 6.07 Å². The SMILES string of the molecule is CCC1CCCC(Nc2ccc(OC)c(OC(F)F)c2)C1. The monoisotopic (exact) mass is 299 g/mol. The number of benzene rings is 1. The molecule has 1 aliphatic rings. The molecule has 3 nitrogen and oxygen atoms in total. The van der Waals surface area contributed by atoms with Crippen LogP contribution in [0.3, 0.4) is 0 Å². The third-order valence-corrected chi connectivity index (χ3v) is 4.11. The van der Waals surface area contributed by atoms with E-state index in [0.717, 1.165) is 24.4 Å². The summed E-state index contributed by atoms with van der Waals surface area (Å²) in [7, 11) is 1.44. The first-order valence-electron chi connectivity index (χ1n) is 7.51. The average Bonchev–Trinajstić information content (AvgIpc) is 2.47. The highest BCUT2D eigenvalue weighted by Gasteiger charge is 2.21. The zero-order valence-electron chi connectivity index (χ0n) is 12.6. The van der Waals surface area contributed by atoms with E-state index in [2.05, 4.69) is 17.0 Å². The van der Waals surface area contributed by atoms with Crippen molar-refractivity contribution in [2.24, 2.45) is 5.92 Å². The number of anilines is 1. The summed E-state index contributed by atoms with van der Waals surface area (Å²) in [6, 6.07) is 5.48. The summed E-state index contributed by atoms with van der Waals surface area (Å²) in [6.45, 7) is -0.636. The van der Waals surface area contributed by atoms with Gasteiger partial charge in [-0.25, -0.2) is 0 Å². The number of nitrogens with one attached hydrogen (secondary N) is 1. The fourth-order valence-corrected chi connectivity index (χ4v) is 2.98. The number of hydrogen-bond acceptors (Lipinski definition) is 3. The van der Waals surface area contributed by atoms with Gasteiger partial charge in [0.15, 0.2) is 11.5 Å². The summed E-state index contributed by atoms with van der Waals surface area (Å²) in [5, 5.41) is 3.43. The molecular weight excluding hydrogens is 276 g/mol. The van der Waals surface area contributed by atoms with Gasteiger partial charge < -0.3 is 14.8 Å². The highest BCUT2D eigenvalue weighted by atomic mass is 19.3. The Kier molecular flexibility index (Phi) is 5.65. The van der Waals surface area contributed by atoms with Gasteiger partial charge >= 0.3 is 6.61 Å². The molecule has 5 heteroatoms. The van der Waals surface area contributed by atoms with E-state index in [4.69, 9.17) is 4.74 Å². The van der Waals surface area contributed by atoms with Crippen molar-refractivity contribution in [3.05, 3.63) is 18.2 Å². The topological polar surface area (TPSA) is 30.5 Å². The van der Waals surface area contributed by atoms with Gasteiger partial charge in [-0.05, 0) is 30.9 Å². The summed E-state index contributed by atoms with van der Waals surface area (Å²) in [4.78, 5) is 0. The number of hydrogen-bond donors (Lipinski definition) is 1. The van der Waals surface area contributed by atoms with Crippen LogP contribution in [0.1, 0.15) is 39.0 Å². The fraction of sp³-hybridized carbons (Fsp3) is 0.625. The minimum absolute atomic E-state index is 0.0698. The van der Waals surface area contributed by atoms with Crippen LogP contribution in [0.5, 0.6) is 11.5 Å². The van der Waals surface area contributed by atoms with Gasteiger partial charge in [-0.2, -0.15) is 8.78 Å². The molecule has 0 bridgehead atoms. The van der Waals surface area contributed by atoms with Crippen LogP contribution in [0.2, 0.25) is 0 Å². The van der Waals surface area contributed by atoms with Crippen LogP contribution < -0.4 is 14.8 Å². The molecule has 1 aliphatic carbocycles. The van der Waals surface area contributed by atoms with Crippen LogP contribution >= 0.6 is 0 Å². The summed E-state index contributed by atoms with van der Waals surface area (Å²) < 4.78 is 34.4. The second-order valence-electron chi connectivity index (χ2n) is 5.53. The third-order valence-electron chi connectivity index (χ3n) is 4.11. The molecule has 1 aromatic carbocycles. The van der Waals surface area contributed by atoms with Gasteiger partial charge in [0.05, 0.1) is 7.11 Å². The van der Waals surface area contributed by atoms with Gasteiger partial charge in [0.25, 0.3) is 0 Å². The fourth-order valence-electron chi connectivity index (χ4n) is 2.98. The van der Waals surface area contributed by atoms with E-state index < -0.39 is 6.61 Å². The number of alkyl halides is 2. The largest absolute Gasteiger partial charge is 0.493 e. The Morgan fingerprint density at radius 3 is 2.76 bits per heavy atom. The Morgan fingerprint density at radius 1 is 1.29 bits per heavy atom. The molecule has 2 atom stereocenters. The summed E-state index contributed by atoms with van der Waals surface area (Å²) in [5.41, 5.74) is 0.799. The second kappa shape index (κ2) is 7.48. The maximum absolute atomic E-state index is 12.4. The van der Waals surface area contributed by atoms with Crippen molar-refractivity contribution in [2.75, 3.05) is 12.4 Å². The Labute approximate surface area is 124 Å². The molecule has 2 rings (SSSR count). The van der Waals surface area contributed by atoms with Gasteiger partial charge in [0.1, 0.15) is 0 Å². The molecule has 0 amide bonds. The maximum atomic E-state index is 12.4. The zero-order chi connectivity index (χ0) is 15.2. The Balaban J connectivity index is 2.05. The molecule has 21 heavy (non-hydrogen) atoms. The van der Waals surface area contributed by atoms with Gasteiger partial charge in [0.2, 0.25) is 0 Å². The van der Waals surface area contributed by atoms with E-state index in [0.29, 0.717) is 11.8 Å². The quantitative estimate of drug-likeness (QED) is 0.827. The molecule has 1 aromatic rings. The lowest BCUT2D eigenvalue weighted by molar-refractivity contribution is -0.0511. The number of halogens is 2. The van der Waals surface area contributed by atoms with Crippen LogP contribution in [-0.4, -0.2) is 19.8 Å². The van der Waals surface area contributed by atoms with Crippen LogP contribution in [-0.2, 0) is 0 Å². The van der Waals surface area contributed by atoms with Crippen LogP contribution in [0, 0.1) is 5.92 Å². The highest BCUT2D eigenvalue weighted by Crippen LogP contribution is 2.33. The molecule has 0 heterocycles. The number of methoxy groups -OCH3 is 1. The minimum atomic E-state index is -2.85. The van der Waals surface area contributed by atoms with Crippen LogP contribution in [0.4, 0.5) is 14.5 Å². The molecular formula is C16H23F2NO2.